The van der Waals surface area contributed by atoms with Gasteiger partial charge in [-0.25, -0.2) is 0 Å². The van der Waals surface area contributed by atoms with E-state index in [1.165, 1.54) is 11.8 Å². The molecule has 96 valence electrons. The Balaban J connectivity index is 2.42. The first kappa shape index (κ1) is 12.7. The molecule has 0 unspecified atom stereocenters. The molecule has 2 rings (SSSR count). The van der Waals surface area contributed by atoms with Gasteiger partial charge in [0.2, 0.25) is 0 Å². The van der Waals surface area contributed by atoms with Crippen LogP contribution in [0.3, 0.4) is 0 Å². The van der Waals surface area contributed by atoms with Crippen molar-refractivity contribution < 1.29 is 14.3 Å². The number of hydrogen-bond donors (Lipinski definition) is 1. The number of carbonyl (C=O) groups is 2. The van der Waals surface area contributed by atoms with E-state index in [9.17, 15) is 9.59 Å². The van der Waals surface area contributed by atoms with Crippen LogP contribution in [0, 0.1) is 0 Å². The molecule has 6 heteroatoms. The molecule has 1 atom stereocenters. The predicted octanol–water partition coefficient (Wildman–Crippen LogP) is 1.52. The van der Waals surface area contributed by atoms with E-state index in [0.29, 0.717) is 16.5 Å². The molecule has 0 saturated carbocycles. The second-order valence-electron chi connectivity index (χ2n) is 4.43. The van der Waals surface area contributed by atoms with Crippen LogP contribution in [-0.2, 0) is 9.59 Å². The second kappa shape index (κ2) is 4.17. The monoisotopic (exact) mass is 268 g/mol. The van der Waals surface area contributed by atoms with Gasteiger partial charge >= 0.3 is 0 Å². The van der Waals surface area contributed by atoms with Crippen LogP contribution in [0.15, 0.2) is 18.2 Å². The van der Waals surface area contributed by atoms with Crippen LogP contribution in [0.5, 0.6) is 5.75 Å². The number of nitrogens with zero attached hydrogens (tertiary/aromatic N) is 1. The Morgan fingerprint density at radius 2 is 2.11 bits per heavy atom. The number of rotatable bonds is 1. The highest BCUT2D eigenvalue weighted by atomic mass is 35.5. The molecule has 1 aromatic rings. The standard InChI is InChI=1S/C12H13ClN2O3/c1-12(11(17)15(2)3)10(16)14-8-6-7(13)4-5-9(8)18-12/h4-6H,1-3H3,(H,14,16)/t12-/m0/s1. The van der Waals surface area contributed by atoms with Gasteiger partial charge in [-0.2, -0.15) is 0 Å². The Morgan fingerprint density at radius 1 is 1.44 bits per heavy atom. The number of ether oxygens (including phenoxy) is 1. The highest BCUT2D eigenvalue weighted by Gasteiger charge is 2.48. The fraction of sp³-hybridized carbons (Fsp3) is 0.333. The third-order valence-electron chi connectivity index (χ3n) is 2.75. The zero-order valence-corrected chi connectivity index (χ0v) is 11.0. The van der Waals surface area contributed by atoms with Gasteiger partial charge in [0.1, 0.15) is 5.75 Å². The van der Waals surface area contributed by atoms with Crippen molar-refractivity contribution in [3.63, 3.8) is 0 Å². The third kappa shape index (κ3) is 1.90. The summed E-state index contributed by atoms with van der Waals surface area (Å²) in [6, 6.07) is 4.84. The van der Waals surface area contributed by atoms with E-state index < -0.39 is 17.4 Å². The van der Waals surface area contributed by atoms with Crippen LogP contribution in [0.4, 0.5) is 5.69 Å². The number of nitrogens with one attached hydrogen (secondary N) is 1. The third-order valence-corrected chi connectivity index (χ3v) is 2.99. The summed E-state index contributed by atoms with van der Waals surface area (Å²) < 4.78 is 5.55. The van der Waals surface area contributed by atoms with Gasteiger partial charge in [0.05, 0.1) is 5.69 Å². The highest BCUT2D eigenvalue weighted by Crippen LogP contribution is 2.35. The highest BCUT2D eigenvalue weighted by molar-refractivity contribution is 6.31. The SMILES string of the molecule is CN(C)C(=O)[C@@]1(C)Oc2ccc(Cl)cc2NC1=O. The molecule has 1 aliphatic heterocycles. The largest absolute Gasteiger partial charge is 0.466 e. The van der Waals surface area contributed by atoms with Crippen LogP contribution < -0.4 is 10.1 Å². The lowest BCUT2D eigenvalue weighted by Gasteiger charge is -2.34. The van der Waals surface area contributed by atoms with E-state index in [4.69, 9.17) is 16.3 Å². The van der Waals surface area contributed by atoms with E-state index >= 15 is 0 Å². The molecule has 5 nitrogen and oxygen atoms in total. The van der Waals surface area contributed by atoms with Gasteiger partial charge in [-0.15, -0.1) is 0 Å². The van der Waals surface area contributed by atoms with E-state index in [0.717, 1.165) is 0 Å². The average Bonchev–Trinajstić information content (AvgIpc) is 2.30. The molecule has 1 heterocycles. The first-order valence-electron chi connectivity index (χ1n) is 5.36. The molecule has 0 aliphatic carbocycles. The molecule has 0 saturated heterocycles. The first-order valence-corrected chi connectivity index (χ1v) is 5.74. The Kier molecular flexibility index (Phi) is 2.94. The normalized spacial score (nSPS) is 21.7. The summed E-state index contributed by atoms with van der Waals surface area (Å²) in [6.07, 6.45) is 0. The number of amides is 2. The van der Waals surface area contributed by atoms with Crippen molar-refractivity contribution in [3.8, 4) is 5.75 Å². The Bertz CT molecular complexity index is 530. The number of hydrogen-bond acceptors (Lipinski definition) is 3. The topological polar surface area (TPSA) is 58.6 Å². The van der Waals surface area contributed by atoms with Crippen molar-refractivity contribution in [2.45, 2.75) is 12.5 Å². The van der Waals surface area contributed by atoms with Gasteiger partial charge in [-0.05, 0) is 25.1 Å². The fourth-order valence-electron chi connectivity index (χ4n) is 1.76. The van der Waals surface area contributed by atoms with Crippen LogP contribution >= 0.6 is 11.6 Å². The van der Waals surface area contributed by atoms with Crippen molar-refractivity contribution >= 4 is 29.1 Å². The zero-order chi connectivity index (χ0) is 13.5. The van der Waals surface area contributed by atoms with Crippen molar-refractivity contribution in [1.29, 1.82) is 0 Å². The Morgan fingerprint density at radius 3 is 2.72 bits per heavy atom. The van der Waals surface area contributed by atoms with Crippen molar-refractivity contribution in [1.82, 2.24) is 4.90 Å². The lowest BCUT2D eigenvalue weighted by Crippen LogP contribution is -2.58. The maximum atomic E-state index is 12.0. The quantitative estimate of drug-likeness (QED) is 0.786. The molecular weight excluding hydrogens is 256 g/mol. The first-order chi connectivity index (χ1) is 8.34. The molecule has 0 bridgehead atoms. The minimum Gasteiger partial charge on any atom is -0.466 e. The summed E-state index contributed by atoms with van der Waals surface area (Å²) in [6.45, 7) is 1.45. The van der Waals surface area contributed by atoms with E-state index in [2.05, 4.69) is 5.32 Å². The van der Waals surface area contributed by atoms with Crippen molar-refractivity contribution in [3.05, 3.63) is 23.2 Å². The minimum absolute atomic E-state index is 0.416. The molecular formula is C12H13ClN2O3. The average molecular weight is 269 g/mol. The van der Waals surface area contributed by atoms with Crippen LogP contribution in [0.2, 0.25) is 5.02 Å². The number of benzene rings is 1. The van der Waals surface area contributed by atoms with Gasteiger partial charge in [-0.1, -0.05) is 11.6 Å². The number of halogens is 1. The number of carbonyl (C=O) groups excluding carboxylic acids is 2. The molecule has 2 amide bonds. The summed E-state index contributed by atoms with van der Waals surface area (Å²) in [5.41, 5.74) is -1.08. The van der Waals surface area contributed by atoms with Gasteiger partial charge in [0.25, 0.3) is 17.4 Å². The maximum Gasteiger partial charge on any atom is 0.278 e. The lowest BCUT2D eigenvalue weighted by atomic mass is 10.0. The van der Waals surface area contributed by atoms with Crippen LogP contribution in [0.25, 0.3) is 0 Å². The summed E-state index contributed by atoms with van der Waals surface area (Å²) in [5, 5.41) is 3.12. The smallest absolute Gasteiger partial charge is 0.278 e. The predicted molar refractivity (Wildman–Crippen MR) is 67.8 cm³/mol. The Labute approximate surface area is 110 Å². The fourth-order valence-corrected chi connectivity index (χ4v) is 1.94. The van der Waals surface area contributed by atoms with Crippen LogP contribution in [-0.4, -0.2) is 36.4 Å². The van der Waals surface area contributed by atoms with Crippen molar-refractivity contribution in [2.24, 2.45) is 0 Å². The van der Waals surface area contributed by atoms with Gasteiger partial charge in [-0.3, -0.25) is 9.59 Å². The summed E-state index contributed by atoms with van der Waals surface area (Å²) in [4.78, 5) is 25.4. The molecule has 18 heavy (non-hydrogen) atoms. The Hall–Kier alpha value is -1.75. The minimum atomic E-state index is -1.55. The van der Waals surface area contributed by atoms with Gasteiger partial charge < -0.3 is 15.0 Å². The summed E-state index contributed by atoms with van der Waals surface area (Å²) >= 11 is 5.83. The van der Waals surface area contributed by atoms with Crippen molar-refractivity contribution in [2.75, 3.05) is 19.4 Å². The molecule has 0 fully saturated rings. The maximum absolute atomic E-state index is 12.0. The van der Waals surface area contributed by atoms with E-state index in [1.807, 2.05) is 0 Å². The van der Waals surface area contributed by atoms with Crippen LogP contribution in [0.1, 0.15) is 6.92 Å². The summed E-state index contributed by atoms with van der Waals surface area (Å²) in [7, 11) is 3.14. The molecule has 1 N–H and O–H groups in total. The zero-order valence-electron chi connectivity index (χ0n) is 10.3. The number of anilines is 1. The molecule has 0 spiro atoms. The lowest BCUT2D eigenvalue weighted by molar-refractivity contribution is -0.152. The second-order valence-corrected chi connectivity index (χ2v) is 4.87. The number of fused-ring (bicyclic) bond motifs is 1. The summed E-state index contributed by atoms with van der Waals surface area (Å²) in [5.74, 6) is -0.492. The molecule has 1 aromatic carbocycles. The van der Waals surface area contributed by atoms with E-state index in [-0.39, 0.29) is 0 Å². The molecule has 1 aliphatic rings. The van der Waals surface area contributed by atoms with E-state index in [1.54, 1.807) is 32.3 Å². The molecule has 0 radical (unpaired) electrons. The molecule has 0 aromatic heterocycles. The van der Waals surface area contributed by atoms with Gasteiger partial charge in [0, 0.05) is 19.1 Å². The van der Waals surface area contributed by atoms with Gasteiger partial charge in [0.15, 0.2) is 0 Å². The number of likely N-dealkylation sites (N-methyl/N-ethyl adjacent to an activating group) is 1.